The molecule has 1 fully saturated rings. The van der Waals surface area contributed by atoms with E-state index in [1.54, 1.807) is 25.0 Å². The van der Waals surface area contributed by atoms with Crippen molar-refractivity contribution in [2.45, 2.75) is 12.2 Å². The first-order chi connectivity index (χ1) is 7.20. The third kappa shape index (κ3) is 2.05. The van der Waals surface area contributed by atoms with Gasteiger partial charge in [-0.1, -0.05) is 0 Å². The Balaban J connectivity index is 2.05. The third-order valence-corrected chi connectivity index (χ3v) is 2.37. The first kappa shape index (κ1) is 10.3. The maximum Gasteiger partial charge on any atom is 0.256 e. The molecule has 0 aromatic carbocycles. The zero-order valence-electron chi connectivity index (χ0n) is 8.84. The van der Waals surface area contributed by atoms with Crippen molar-refractivity contribution in [1.82, 2.24) is 9.78 Å². The van der Waals surface area contributed by atoms with Gasteiger partial charge in [-0.05, 0) is 0 Å². The molecule has 0 saturated carbocycles. The van der Waals surface area contributed by atoms with Crippen molar-refractivity contribution in [3.8, 4) is 5.88 Å². The maximum absolute atomic E-state index is 5.72. The summed E-state index contributed by atoms with van der Waals surface area (Å²) >= 11 is 0. The number of hydrogen-bond donors (Lipinski definition) is 1. The zero-order valence-corrected chi connectivity index (χ0v) is 8.84. The second-order valence-electron chi connectivity index (χ2n) is 3.53. The average molecular weight is 213 g/mol. The highest BCUT2D eigenvalue weighted by atomic mass is 16.6. The molecule has 0 unspecified atom stereocenters. The number of hydrogen-bond acceptors (Lipinski definition) is 5. The van der Waals surface area contributed by atoms with Crippen molar-refractivity contribution in [3.63, 3.8) is 0 Å². The van der Waals surface area contributed by atoms with Gasteiger partial charge in [-0.2, -0.15) is 0 Å². The number of rotatable bonds is 3. The molecule has 1 saturated heterocycles. The fourth-order valence-corrected chi connectivity index (χ4v) is 1.57. The Bertz CT molecular complexity index is 339. The van der Waals surface area contributed by atoms with E-state index in [1.807, 2.05) is 0 Å². The molecule has 2 rings (SSSR count). The molecule has 2 atom stereocenters. The number of methoxy groups -OCH3 is 1. The number of nitrogens with two attached hydrogens (primary N) is 1. The van der Waals surface area contributed by atoms with E-state index in [2.05, 4.69) is 5.10 Å². The van der Waals surface area contributed by atoms with Crippen LogP contribution in [0.2, 0.25) is 0 Å². The molecular weight excluding hydrogens is 198 g/mol. The molecule has 2 N–H and O–H groups in total. The molecule has 6 nitrogen and oxygen atoms in total. The molecule has 1 aromatic heterocycles. The van der Waals surface area contributed by atoms with Gasteiger partial charge in [-0.3, -0.25) is 4.68 Å². The van der Waals surface area contributed by atoms with Crippen LogP contribution in [0.25, 0.3) is 0 Å². The maximum atomic E-state index is 5.72. The molecule has 15 heavy (non-hydrogen) atoms. The van der Waals surface area contributed by atoms with E-state index >= 15 is 0 Å². The van der Waals surface area contributed by atoms with Gasteiger partial charge in [0.1, 0.15) is 11.8 Å². The van der Waals surface area contributed by atoms with Gasteiger partial charge in [0, 0.05) is 14.2 Å². The predicted octanol–water partition coefficient (Wildman–Crippen LogP) is -0.205. The van der Waals surface area contributed by atoms with E-state index in [-0.39, 0.29) is 12.2 Å². The van der Waals surface area contributed by atoms with E-state index in [1.165, 1.54) is 0 Å². The lowest BCUT2D eigenvalue weighted by Gasteiger charge is -2.16. The Morgan fingerprint density at radius 1 is 1.53 bits per heavy atom. The van der Waals surface area contributed by atoms with Gasteiger partial charge in [0.05, 0.1) is 19.4 Å². The number of ether oxygens (including phenoxy) is 3. The van der Waals surface area contributed by atoms with Gasteiger partial charge in [-0.15, -0.1) is 5.10 Å². The normalized spacial score (nSPS) is 25.7. The summed E-state index contributed by atoms with van der Waals surface area (Å²) in [5, 5.41) is 4.10. The first-order valence-corrected chi connectivity index (χ1v) is 4.77. The van der Waals surface area contributed by atoms with Crippen LogP contribution in [0.4, 0.5) is 5.69 Å². The van der Waals surface area contributed by atoms with E-state index in [0.29, 0.717) is 24.8 Å². The van der Waals surface area contributed by atoms with Crippen molar-refractivity contribution in [2.75, 3.05) is 26.1 Å². The molecule has 2 heterocycles. The molecule has 0 aliphatic carbocycles. The Labute approximate surface area is 87.9 Å². The van der Waals surface area contributed by atoms with Gasteiger partial charge in [0.2, 0.25) is 0 Å². The minimum atomic E-state index is -0.132. The topological polar surface area (TPSA) is 71.5 Å². The molecule has 0 radical (unpaired) electrons. The van der Waals surface area contributed by atoms with Crippen LogP contribution in [0.5, 0.6) is 5.88 Å². The first-order valence-electron chi connectivity index (χ1n) is 4.77. The van der Waals surface area contributed by atoms with Crippen molar-refractivity contribution in [3.05, 3.63) is 6.20 Å². The van der Waals surface area contributed by atoms with Crippen LogP contribution in [0.15, 0.2) is 6.20 Å². The number of aromatic nitrogens is 2. The molecule has 0 amide bonds. The Morgan fingerprint density at radius 2 is 2.27 bits per heavy atom. The van der Waals surface area contributed by atoms with Crippen LogP contribution in [0.1, 0.15) is 0 Å². The van der Waals surface area contributed by atoms with E-state index in [9.17, 15) is 0 Å². The summed E-state index contributed by atoms with van der Waals surface area (Å²) < 4.78 is 17.7. The van der Waals surface area contributed by atoms with Gasteiger partial charge >= 0.3 is 0 Å². The number of anilines is 1. The Morgan fingerprint density at radius 3 is 2.87 bits per heavy atom. The van der Waals surface area contributed by atoms with Crippen LogP contribution in [-0.4, -0.2) is 42.3 Å². The summed E-state index contributed by atoms with van der Waals surface area (Å²) in [6.45, 7) is 1.06. The standard InChI is InChI=1S/C9H15N3O3/c1-12-3-6(10)9(11-12)15-8-5-14-4-7(8)13-2/h3,7-8H,4-5,10H2,1-2H3/t7-,8-/m0/s1. The van der Waals surface area contributed by atoms with Crippen LogP contribution < -0.4 is 10.5 Å². The van der Waals surface area contributed by atoms with E-state index in [4.69, 9.17) is 19.9 Å². The quantitative estimate of drug-likeness (QED) is 0.752. The number of nitrogens with zero attached hydrogens (tertiary/aromatic N) is 2. The van der Waals surface area contributed by atoms with Crippen molar-refractivity contribution in [2.24, 2.45) is 7.05 Å². The van der Waals surface area contributed by atoms with Gasteiger partial charge in [0.15, 0.2) is 6.10 Å². The largest absolute Gasteiger partial charge is 0.467 e. The molecule has 0 bridgehead atoms. The Hall–Kier alpha value is -1.27. The summed E-state index contributed by atoms with van der Waals surface area (Å²) in [5.74, 6) is 0.440. The zero-order chi connectivity index (χ0) is 10.8. The predicted molar refractivity (Wildman–Crippen MR) is 53.7 cm³/mol. The van der Waals surface area contributed by atoms with Gasteiger partial charge < -0.3 is 19.9 Å². The summed E-state index contributed by atoms with van der Waals surface area (Å²) in [4.78, 5) is 0. The highest BCUT2D eigenvalue weighted by molar-refractivity contribution is 5.45. The monoisotopic (exact) mass is 213 g/mol. The smallest absolute Gasteiger partial charge is 0.256 e. The fraction of sp³-hybridized carbons (Fsp3) is 0.667. The Kier molecular flexibility index (Phi) is 2.79. The SMILES string of the molecule is CO[C@H]1COC[C@@H]1Oc1nn(C)cc1N. The summed E-state index contributed by atoms with van der Waals surface area (Å²) in [6.07, 6.45) is 1.52. The molecule has 84 valence electrons. The molecule has 1 aliphatic rings. The summed E-state index contributed by atoms with van der Waals surface area (Å²) in [6, 6.07) is 0. The van der Waals surface area contributed by atoms with E-state index in [0.717, 1.165) is 0 Å². The molecular formula is C9H15N3O3. The molecule has 0 spiro atoms. The highest BCUT2D eigenvalue weighted by Crippen LogP contribution is 2.22. The lowest BCUT2D eigenvalue weighted by Crippen LogP contribution is -2.31. The van der Waals surface area contributed by atoms with Crippen LogP contribution in [-0.2, 0) is 16.5 Å². The van der Waals surface area contributed by atoms with Crippen LogP contribution >= 0.6 is 0 Å². The van der Waals surface area contributed by atoms with E-state index < -0.39 is 0 Å². The second kappa shape index (κ2) is 4.08. The molecule has 1 aliphatic heterocycles. The highest BCUT2D eigenvalue weighted by Gasteiger charge is 2.31. The van der Waals surface area contributed by atoms with Crippen molar-refractivity contribution in [1.29, 1.82) is 0 Å². The average Bonchev–Trinajstić information content (AvgIpc) is 2.74. The third-order valence-electron chi connectivity index (χ3n) is 2.37. The molecule has 1 aromatic rings. The van der Waals surface area contributed by atoms with Gasteiger partial charge in [-0.25, -0.2) is 0 Å². The van der Waals surface area contributed by atoms with Crippen LogP contribution in [0, 0.1) is 0 Å². The molecule has 6 heteroatoms. The lowest BCUT2D eigenvalue weighted by atomic mass is 10.2. The second-order valence-corrected chi connectivity index (χ2v) is 3.53. The lowest BCUT2D eigenvalue weighted by molar-refractivity contribution is 0.0308. The minimum Gasteiger partial charge on any atom is -0.467 e. The fourth-order valence-electron chi connectivity index (χ4n) is 1.57. The number of nitrogen functional groups attached to an aromatic ring is 1. The van der Waals surface area contributed by atoms with Crippen molar-refractivity contribution >= 4 is 5.69 Å². The minimum absolute atomic E-state index is 0.0496. The van der Waals surface area contributed by atoms with Gasteiger partial charge in [0.25, 0.3) is 5.88 Å². The van der Waals surface area contributed by atoms with Crippen LogP contribution in [0.3, 0.4) is 0 Å². The van der Waals surface area contributed by atoms with Crippen molar-refractivity contribution < 1.29 is 14.2 Å². The number of aryl methyl sites for hydroxylation is 1. The summed E-state index contributed by atoms with van der Waals surface area (Å²) in [5.41, 5.74) is 6.24. The summed E-state index contributed by atoms with van der Waals surface area (Å²) in [7, 11) is 3.43.